The molecule has 0 atom stereocenters. The van der Waals surface area contributed by atoms with Gasteiger partial charge in [-0.2, -0.15) is 0 Å². The highest BCUT2D eigenvalue weighted by Crippen LogP contribution is 2.41. The van der Waals surface area contributed by atoms with Crippen LogP contribution in [0.3, 0.4) is 0 Å². The summed E-state index contributed by atoms with van der Waals surface area (Å²) in [5.74, 6) is 1.39. The van der Waals surface area contributed by atoms with Crippen molar-refractivity contribution in [2.45, 2.75) is 75.5 Å². The second kappa shape index (κ2) is 9.43. The fourth-order valence-electron chi connectivity index (χ4n) is 4.76. The summed E-state index contributed by atoms with van der Waals surface area (Å²) in [4.78, 5) is 25.6. The van der Waals surface area contributed by atoms with Crippen LogP contribution in [0.15, 0.2) is 37.2 Å². The molecule has 38 heavy (non-hydrogen) atoms. The number of sulfone groups is 1. The largest absolute Gasteiger partial charge is 0.474 e. The number of Topliss-reactive ketones (excluding diaryl/α,β-unsaturated/α-hetero) is 1. The van der Waals surface area contributed by atoms with E-state index in [-0.39, 0.29) is 22.4 Å². The molecule has 3 N–H and O–H groups in total. The number of nitrogens with two attached hydrogens (primary N) is 1. The molecule has 2 aliphatic carbocycles. The molecule has 2 saturated carbocycles. The topological polar surface area (TPSA) is 137 Å². The Kier molecular flexibility index (Phi) is 6.51. The Hall–Kier alpha value is -3.37. The Morgan fingerprint density at radius 2 is 1.79 bits per heavy atom. The molecule has 2 aliphatic rings. The zero-order valence-corrected chi connectivity index (χ0v) is 22.9. The van der Waals surface area contributed by atoms with Gasteiger partial charge in [0.25, 0.3) is 0 Å². The van der Waals surface area contributed by atoms with E-state index in [0.717, 1.165) is 23.8 Å². The van der Waals surface area contributed by atoms with Crippen molar-refractivity contribution in [2.75, 3.05) is 5.32 Å². The molecule has 0 bridgehead atoms. The van der Waals surface area contributed by atoms with Crippen LogP contribution < -0.4 is 15.8 Å². The third-order valence-corrected chi connectivity index (χ3v) is 9.86. The Balaban J connectivity index is 1.44. The molecular weight excluding hydrogens is 502 g/mol. The monoisotopic (exact) mass is 535 g/mol. The van der Waals surface area contributed by atoms with Crippen LogP contribution in [-0.4, -0.2) is 45.8 Å². The fourth-order valence-corrected chi connectivity index (χ4v) is 7.07. The number of allylic oxidation sites excluding steroid dienone is 1. The second-order valence-electron chi connectivity index (χ2n) is 11.0. The highest BCUT2D eigenvalue weighted by atomic mass is 32.2. The second-order valence-corrected chi connectivity index (χ2v) is 13.5. The molecule has 3 aromatic heterocycles. The molecule has 9 nitrogen and oxygen atoms in total. The minimum atomic E-state index is -3.04. The maximum absolute atomic E-state index is 12.5. The first-order valence-electron chi connectivity index (χ1n) is 12.8. The number of nitrogens with one attached hydrogen (secondary N) is 1. The molecule has 0 radical (unpaired) electrons. The number of ketones is 1. The molecule has 0 aliphatic heterocycles. The van der Waals surface area contributed by atoms with Gasteiger partial charge in [-0.1, -0.05) is 6.58 Å². The molecule has 0 saturated heterocycles. The van der Waals surface area contributed by atoms with Crippen molar-refractivity contribution in [3.05, 3.63) is 54.0 Å². The number of nitrogens with zero attached hydrogens (tertiary/aromatic N) is 3. The van der Waals surface area contributed by atoms with E-state index in [2.05, 4.69) is 26.8 Å². The van der Waals surface area contributed by atoms with Gasteiger partial charge in [0.2, 0.25) is 5.88 Å². The quantitative estimate of drug-likeness (QED) is 0.374. The normalized spacial score (nSPS) is 19.6. The Bertz CT molecular complexity index is 1550. The molecule has 10 heteroatoms. The number of ether oxygens (including phenoxy) is 1. The van der Waals surface area contributed by atoms with Crippen molar-refractivity contribution in [2.24, 2.45) is 5.73 Å². The van der Waals surface area contributed by atoms with E-state index in [1.807, 2.05) is 26.8 Å². The first-order valence-corrected chi connectivity index (χ1v) is 14.4. The van der Waals surface area contributed by atoms with Gasteiger partial charge in [0, 0.05) is 36.3 Å². The van der Waals surface area contributed by atoms with Crippen molar-refractivity contribution >= 4 is 43.6 Å². The van der Waals surface area contributed by atoms with Gasteiger partial charge in [0.05, 0.1) is 21.6 Å². The highest BCUT2D eigenvalue weighted by molar-refractivity contribution is 7.93. The number of hydrogen-bond acceptors (Lipinski definition) is 9. The number of hydrogen-bond donors (Lipinski definition) is 2. The number of aromatic nitrogens is 3. The molecule has 3 heterocycles. The average Bonchev–Trinajstić information content (AvgIpc) is 3.66. The van der Waals surface area contributed by atoms with Gasteiger partial charge in [0.1, 0.15) is 17.7 Å². The van der Waals surface area contributed by atoms with Crippen LogP contribution in [0.25, 0.3) is 16.3 Å². The standard InChI is InChI=1S/C28H33N5O4S/c1-15(2)26-20(16(3)34)8-9-24(33-26)32-25-12-21-22(13-30-25)27(31-14-23(21)28(4,5)29)37-17-10-19(11-17)38(35,36)18-6-7-18/h8-9,12-14,17-19H,1,6-7,10-11,29H2,2-5H3,(H,30,32,33). The van der Waals surface area contributed by atoms with Crippen LogP contribution in [0.4, 0.5) is 11.6 Å². The van der Waals surface area contributed by atoms with Crippen LogP contribution in [-0.2, 0) is 15.4 Å². The van der Waals surface area contributed by atoms with Gasteiger partial charge in [-0.3, -0.25) is 4.79 Å². The number of fused-ring (bicyclic) bond motifs is 1. The first-order chi connectivity index (χ1) is 17.8. The summed E-state index contributed by atoms with van der Waals surface area (Å²) in [5.41, 5.74) is 8.34. The molecule has 200 valence electrons. The predicted molar refractivity (Wildman–Crippen MR) is 148 cm³/mol. The smallest absolute Gasteiger partial charge is 0.223 e. The lowest BCUT2D eigenvalue weighted by Gasteiger charge is -2.35. The number of anilines is 2. The molecule has 2 fully saturated rings. The molecule has 0 amide bonds. The molecule has 0 unspecified atom stereocenters. The van der Waals surface area contributed by atoms with E-state index in [0.29, 0.717) is 52.6 Å². The van der Waals surface area contributed by atoms with Gasteiger partial charge < -0.3 is 15.8 Å². The lowest BCUT2D eigenvalue weighted by atomic mass is 9.92. The van der Waals surface area contributed by atoms with E-state index in [4.69, 9.17) is 10.5 Å². The van der Waals surface area contributed by atoms with E-state index in [1.165, 1.54) is 6.92 Å². The van der Waals surface area contributed by atoms with Crippen LogP contribution in [0, 0.1) is 0 Å². The van der Waals surface area contributed by atoms with Crippen molar-refractivity contribution in [1.29, 1.82) is 0 Å². The summed E-state index contributed by atoms with van der Waals surface area (Å²) < 4.78 is 31.2. The van der Waals surface area contributed by atoms with Gasteiger partial charge in [-0.05, 0) is 75.3 Å². The predicted octanol–water partition coefficient (Wildman–Crippen LogP) is 4.68. The maximum Gasteiger partial charge on any atom is 0.223 e. The Morgan fingerprint density at radius 3 is 2.39 bits per heavy atom. The van der Waals surface area contributed by atoms with E-state index >= 15 is 0 Å². The van der Waals surface area contributed by atoms with Crippen molar-refractivity contribution in [3.63, 3.8) is 0 Å². The molecule has 5 rings (SSSR count). The number of pyridine rings is 3. The van der Waals surface area contributed by atoms with E-state index < -0.39 is 15.4 Å². The summed E-state index contributed by atoms with van der Waals surface area (Å²) in [6.07, 6.45) is 5.69. The summed E-state index contributed by atoms with van der Waals surface area (Å²) in [5, 5.41) is 4.25. The summed E-state index contributed by atoms with van der Waals surface area (Å²) in [7, 11) is -3.04. The Labute approximate surface area is 222 Å². The van der Waals surface area contributed by atoms with Crippen molar-refractivity contribution < 1.29 is 17.9 Å². The molecule has 0 aromatic carbocycles. The number of carbonyl (C=O) groups is 1. The zero-order chi connectivity index (χ0) is 27.4. The van der Waals surface area contributed by atoms with Crippen LogP contribution in [0.5, 0.6) is 5.88 Å². The molecule has 0 spiro atoms. The molecule has 3 aromatic rings. The number of rotatable bonds is 9. The van der Waals surface area contributed by atoms with Gasteiger partial charge in [-0.25, -0.2) is 23.4 Å². The van der Waals surface area contributed by atoms with Gasteiger partial charge in [-0.15, -0.1) is 0 Å². The minimum Gasteiger partial charge on any atom is -0.474 e. The summed E-state index contributed by atoms with van der Waals surface area (Å²) in [6.45, 7) is 11.1. The SMILES string of the molecule is C=C(C)c1nc(Nc2cc3c(C(C)(C)N)cnc(OC4CC(S(=O)(=O)C5CC5)C4)c3cn2)ccc1C(C)=O. The van der Waals surface area contributed by atoms with Crippen LogP contribution in [0.2, 0.25) is 0 Å². The fraction of sp³-hybridized carbons (Fsp3) is 0.429. The highest BCUT2D eigenvalue weighted by Gasteiger charge is 2.47. The third-order valence-electron chi connectivity index (χ3n) is 7.15. The first kappa shape index (κ1) is 26.2. The summed E-state index contributed by atoms with van der Waals surface area (Å²) >= 11 is 0. The summed E-state index contributed by atoms with van der Waals surface area (Å²) in [6, 6.07) is 5.32. The van der Waals surface area contributed by atoms with Crippen LogP contribution >= 0.6 is 0 Å². The van der Waals surface area contributed by atoms with Gasteiger partial charge in [0.15, 0.2) is 15.6 Å². The van der Waals surface area contributed by atoms with E-state index in [9.17, 15) is 13.2 Å². The number of carbonyl (C=O) groups excluding carboxylic acids is 1. The minimum absolute atomic E-state index is 0.0800. The molecular formula is C28H33N5O4S. The Morgan fingerprint density at radius 1 is 1.08 bits per heavy atom. The zero-order valence-electron chi connectivity index (χ0n) is 22.1. The van der Waals surface area contributed by atoms with Crippen LogP contribution in [0.1, 0.15) is 75.0 Å². The van der Waals surface area contributed by atoms with E-state index in [1.54, 1.807) is 24.5 Å². The lowest BCUT2D eigenvalue weighted by Crippen LogP contribution is -2.44. The average molecular weight is 536 g/mol. The maximum atomic E-state index is 12.5. The van der Waals surface area contributed by atoms with Gasteiger partial charge >= 0.3 is 0 Å². The van der Waals surface area contributed by atoms with Crippen molar-refractivity contribution in [3.8, 4) is 5.88 Å². The van der Waals surface area contributed by atoms with Crippen molar-refractivity contribution in [1.82, 2.24) is 15.0 Å². The third kappa shape index (κ3) is 5.02. The lowest BCUT2D eigenvalue weighted by molar-refractivity contribution is 0.101.